The zero-order valence-electron chi connectivity index (χ0n) is 11.3. The molecule has 1 fully saturated rings. The van der Waals surface area contributed by atoms with Gasteiger partial charge in [0.15, 0.2) is 0 Å². The third kappa shape index (κ3) is 2.39. The summed E-state index contributed by atoms with van der Waals surface area (Å²) >= 11 is 1.27. The molecule has 2 aliphatic heterocycles. The number of hydrogen-bond donors (Lipinski definition) is 0. The topological polar surface area (TPSA) is 99.0 Å². The van der Waals surface area contributed by atoms with Crippen LogP contribution in [0.1, 0.15) is 12.5 Å². The van der Waals surface area contributed by atoms with Gasteiger partial charge in [0.25, 0.3) is 5.69 Å². The Labute approximate surface area is 128 Å². The van der Waals surface area contributed by atoms with Crippen LogP contribution in [0.3, 0.4) is 0 Å². The van der Waals surface area contributed by atoms with Gasteiger partial charge >= 0.3 is 12.1 Å². The van der Waals surface area contributed by atoms with E-state index in [-0.39, 0.29) is 18.0 Å². The van der Waals surface area contributed by atoms with E-state index in [4.69, 9.17) is 9.47 Å². The molecule has 0 unspecified atom stereocenters. The van der Waals surface area contributed by atoms with Crippen molar-refractivity contribution in [2.24, 2.45) is 0 Å². The molecular weight excluding hydrogens is 312 g/mol. The van der Waals surface area contributed by atoms with Gasteiger partial charge in [0.2, 0.25) is 5.56 Å². The van der Waals surface area contributed by atoms with Crippen molar-refractivity contribution < 1.29 is 24.0 Å². The standard InChI is InChI=1S/C13H10N2O6S/c1-7-10(14-12(17)21-13(14)22-7)11(16)20-6-8-2-4-9(5-3-8)15(18)19/h2-5,13H,6H2,1H3/t13-/m1/s1. The molecule has 2 aliphatic rings. The van der Waals surface area contributed by atoms with Crippen LogP contribution < -0.4 is 0 Å². The van der Waals surface area contributed by atoms with Crippen LogP contribution >= 0.6 is 11.8 Å². The van der Waals surface area contributed by atoms with E-state index in [2.05, 4.69) is 0 Å². The van der Waals surface area contributed by atoms with Gasteiger partial charge in [0.1, 0.15) is 12.3 Å². The van der Waals surface area contributed by atoms with Gasteiger partial charge in [-0.05, 0) is 24.6 Å². The number of nitro benzene ring substituents is 1. The number of nitrogens with zero attached hydrogens (tertiary/aromatic N) is 2. The van der Waals surface area contributed by atoms with E-state index in [1.807, 2.05) is 0 Å². The minimum absolute atomic E-state index is 0.0352. The van der Waals surface area contributed by atoms with E-state index in [0.29, 0.717) is 10.5 Å². The van der Waals surface area contributed by atoms with Crippen LogP contribution in [0, 0.1) is 10.1 Å². The second-order valence-corrected chi connectivity index (χ2v) is 5.83. The molecule has 8 nitrogen and oxygen atoms in total. The van der Waals surface area contributed by atoms with E-state index >= 15 is 0 Å². The molecular formula is C13H10N2O6S. The van der Waals surface area contributed by atoms with Crippen molar-refractivity contribution in [1.29, 1.82) is 0 Å². The molecule has 0 saturated carbocycles. The fraction of sp³-hybridized carbons (Fsp3) is 0.231. The Morgan fingerprint density at radius 1 is 1.45 bits per heavy atom. The summed E-state index contributed by atoms with van der Waals surface area (Å²) in [6, 6.07) is 5.69. The molecule has 3 rings (SSSR count). The van der Waals surface area contributed by atoms with Crippen molar-refractivity contribution in [3.8, 4) is 0 Å². The van der Waals surface area contributed by atoms with Crippen LogP contribution in [0.15, 0.2) is 34.9 Å². The Hall–Kier alpha value is -2.55. The van der Waals surface area contributed by atoms with Crippen molar-refractivity contribution >= 4 is 29.5 Å². The number of non-ortho nitro benzene ring substituents is 1. The molecule has 1 amide bonds. The van der Waals surface area contributed by atoms with Crippen molar-refractivity contribution in [3.05, 3.63) is 50.5 Å². The molecule has 1 atom stereocenters. The number of ether oxygens (including phenoxy) is 2. The fourth-order valence-electron chi connectivity index (χ4n) is 2.06. The summed E-state index contributed by atoms with van der Waals surface area (Å²) in [6.07, 6.45) is -0.573. The molecule has 1 saturated heterocycles. The summed E-state index contributed by atoms with van der Waals surface area (Å²) in [5.41, 5.74) is 0.292. The number of carbonyl (C=O) groups excluding carboxylic acids is 2. The van der Waals surface area contributed by atoms with Gasteiger partial charge in [-0.2, -0.15) is 0 Å². The van der Waals surface area contributed by atoms with Gasteiger partial charge in [-0.3, -0.25) is 10.1 Å². The Bertz CT molecular complexity index is 699. The monoisotopic (exact) mass is 322 g/mol. The van der Waals surface area contributed by atoms with Gasteiger partial charge in [-0.1, -0.05) is 11.8 Å². The third-order valence-electron chi connectivity index (χ3n) is 3.17. The minimum atomic E-state index is -0.623. The number of fused-ring (bicyclic) bond motifs is 1. The highest BCUT2D eigenvalue weighted by Gasteiger charge is 2.50. The molecule has 0 spiro atoms. The average Bonchev–Trinajstić information content (AvgIpc) is 2.76. The lowest BCUT2D eigenvalue weighted by molar-refractivity contribution is -0.384. The summed E-state index contributed by atoms with van der Waals surface area (Å²) in [5, 5.41) is 10.6. The van der Waals surface area contributed by atoms with Crippen LogP contribution in [0.2, 0.25) is 0 Å². The first kappa shape index (κ1) is 14.4. The molecule has 1 aromatic rings. The van der Waals surface area contributed by atoms with Crippen molar-refractivity contribution in [2.45, 2.75) is 19.1 Å². The Morgan fingerprint density at radius 3 is 2.73 bits per heavy atom. The number of amides is 1. The molecule has 1 aromatic carbocycles. The van der Waals surface area contributed by atoms with E-state index in [0.717, 1.165) is 0 Å². The number of rotatable bonds is 4. The number of nitro groups is 1. The highest BCUT2D eigenvalue weighted by Crippen LogP contribution is 2.44. The predicted octanol–water partition coefficient (Wildman–Crippen LogP) is 2.35. The lowest BCUT2D eigenvalue weighted by Crippen LogP contribution is -2.50. The second kappa shape index (κ2) is 5.34. The molecule has 0 bridgehead atoms. The molecule has 0 aliphatic carbocycles. The molecule has 0 radical (unpaired) electrons. The highest BCUT2D eigenvalue weighted by molar-refractivity contribution is 8.03. The van der Waals surface area contributed by atoms with Gasteiger partial charge in [-0.15, -0.1) is 0 Å². The van der Waals surface area contributed by atoms with E-state index in [9.17, 15) is 19.7 Å². The van der Waals surface area contributed by atoms with Crippen LogP contribution in [0.5, 0.6) is 0 Å². The van der Waals surface area contributed by atoms with Crippen LogP contribution in [0.25, 0.3) is 0 Å². The molecule has 0 N–H and O–H groups in total. The first-order valence-electron chi connectivity index (χ1n) is 6.25. The molecule has 22 heavy (non-hydrogen) atoms. The number of allylic oxidation sites excluding steroid dienone is 1. The third-order valence-corrected chi connectivity index (χ3v) is 4.23. The summed E-state index contributed by atoms with van der Waals surface area (Å²) in [5.74, 6) is -0.623. The fourth-order valence-corrected chi connectivity index (χ4v) is 3.08. The lowest BCUT2D eigenvalue weighted by atomic mass is 10.2. The Kier molecular flexibility index (Phi) is 3.49. The van der Waals surface area contributed by atoms with Crippen molar-refractivity contribution in [1.82, 2.24) is 4.90 Å². The summed E-state index contributed by atoms with van der Waals surface area (Å²) in [4.78, 5) is 35.4. The van der Waals surface area contributed by atoms with Crippen molar-refractivity contribution in [3.63, 3.8) is 0 Å². The largest absolute Gasteiger partial charge is 0.456 e. The van der Waals surface area contributed by atoms with E-state index in [1.165, 1.54) is 40.9 Å². The van der Waals surface area contributed by atoms with Gasteiger partial charge in [0, 0.05) is 17.0 Å². The molecule has 0 aromatic heterocycles. The number of hydrogen-bond acceptors (Lipinski definition) is 7. The van der Waals surface area contributed by atoms with Crippen LogP contribution in [-0.4, -0.2) is 27.4 Å². The quantitative estimate of drug-likeness (QED) is 0.476. The Balaban J connectivity index is 1.64. The summed E-state index contributed by atoms with van der Waals surface area (Å²) in [6.45, 7) is 1.67. The number of thioether (sulfide) groups is 1. The number of esters is 1. The smallest absolute Gasteiger partial charge is 0.420 e. The molecule has 114 valence electrons. The maximum absolute atomic E-state index is 12.1. The van der Waals surface area contributed by atoms with Crippen LogP contribution in [-0.2, 0) is 20.9 Å². The SMILES string of the molecule is CC1=C(C(=O)OCc2ccc([N+](=O)[O-])cc2)N2C(=O)O[C@@H]2S1. The summed E-state index contributed by atoms with van der Waals surface area (Å²) in [7, 11) is 0. The zero-order chi connectivity index (χ0) is 15.9. The number of benzene rings is 1. The zero-order valence-corrected chi connectivity index (χ0v) is 12.2. The second-order valence-electron chi connectivity index (χ2n) is 4.58. The maximum Gasteiger partial charge on any atom is 0.420 e. The number of carbonyl (C=O) groups is 2. The first-order chi connectivity index (χ1) is 10.5. The Morgan fingerprint density at radius 2 is 2.14 bits per heavy atom. The van der Waals surface area contributed by atoms with E-state index < -0.39 is 22.5 Å². The van der Waals surface area contributed by atoms with Gasteiger partial charge in [-0.25, -0.2) is 14.5 Å². The van der Waals surface area contributed by atoms with Gasteiger partial charge in [0.05, 0.1) is 4.92 Å². The minimum Gasteiger partial charge on any atom is -0.456 e. The first-order valence-corrected chi connectivity index (χ1v) is 7.13. The predicted molar refractivity (Wildman–Crippen MR) is 75.3 cm³/mol. The normalized spacial score (nSPS) is 19.4. The highest BCUT2D eigenvalue weighted by atomic mass is 32.2. The molecule has 9 heteroatoms. The van der Waals surface area contributed by atoms with E-state index in [1.54, 1.807) is 6.92 Å². The van der Waals surface area contributed by atoms with Crippen molar-refractivity contribution in [2.75, 3.05) is 0 Å². The lowest BCUT2D eigenvalue weighted by Gasteiger charge is -2.33. The summed E-state index contributed by atoms with van der Waals surface area (Å²) < 4.78 is 10.0. The van der Waals surface area contributed by atoms with Gasteiger partial charge < -0.3 is 9.47 Å². The maximum atomic E-state index is 12.1. The van der Waals surface area contributed by atoms with Crippen LogP contribution in [0.4, 0.5) is 10.5 Å². The average molecular weight is 322 g/mol. The molecule has 2 heterocycles.